The van der Waals surface area contributed by atoms with E-state index in [0.29, 0.717) is 40.8 Å². The van der Waals surface area contributed by atoms with E-state index in [0.717, 1.165) is 94.5 Å². The van der Waals surface area contributed by atoms with Gasteiger partial charge in [-0.25, -0.2) is 39.9 Å². The maximum absolute atomic E-state index is 5.48. The molecular formula is C62H44N10. The fourth-order valence-corrected chi connectivity index (χ4v) is 10.4. The van der Waals surface area contributed by atoms with E-state index in [2.05, 4.69) is 189 Å². The molecule has 13 aromatic rings. The number of hydrogen-bond acceptors (Lipinski definition) is 8. The van der Waals surface area contributed by atoms with Crippen LogP contribution in [0.3, 0.4) is 0 Å². The van der Waals surface area contributed by atoms with Gasteiger partial charge in [-0.05, 0) is 94.4 Å². The van der Waals surface area contributed by atoms with Crippen LogP contribution in [-0.4, -0.2) is 49.0 Å². The molecular weight excluding hydrogens is 885 g/mol. The fraction of sp³-hybridized carbons (Fsp3) is 0.0645. The second kappa shape index (κ2) is 17.1. The first-order chi connectivity index (χ1) is 35.3. The summed E-state index contributed by atoms with van der Waals surface area (Å²) in [6, 6.07) is 68.4. The summed E-state index contributed by atoms with van der Waals surface area (Å²) >= 11 is 0. The molecule has 72 heavy (non-hydrogen) atoms. The molecule has 0 atom stereocenters. The molecule has 10 nitrogen and oxygen atoms in total. The summed E-state index contributed by atoms with van der Waals surface area (Å²) in [5.41, 5.74) is 14.6. The van der Waals surface area contributed by atoms with E-state index in [9.17, 15) is 0 Å². The van der Waals surface area contributed by atoms with Gasteiger partial charge in [-0.1, -0.05) is 127 Å². The van der Waals surface area contributed by atoms with Crippen LogP contribution >= 0.6 is 0 Å². The van der Waals surface area contributed by atoms with Crippen LogP contribution in [0.4, 0.5) is 0 Å². The molecule has 0 aliphatic carbocycles. The summed E-state index contributed by atoms with van der Waals surface area (Å²) in [6.07, 6.45) is 0. The molecule has 0 saturated carbocycles. The summed E-state index contributed by atoms with van der Waals surface area (Å²) in [4.78, 5) is 38.9. The number of aryl methyl sites for hydroxylation is 4. The van der Waals surface area contributed by atoms with Crippen molar-refractivity contribution in [3.8, 4) is 79.2 Å². The van der Waals surface area contributed by atoms with Crippen molar-refractivity contribution in [3.63, 3.8) is 0 Å². The Balaban J connectivity index is 1.15. The number of rotatable bonds is 8. The van der Waals surface area contributed by atoms with Gasteiger partial charge in [0, 0.05) is 60.5 Å². The molecule has 10 heteroatoms. The summed E-state index contributed by atoms with van der Waals surface area (Å²) < 4.78 is 4.80. The van der Waals surface area contributed by atoms with E-state index >= 15 is 0 Å². The summed E-state index contributed by atoms with van der Waals surface area (Å²) in [6.45, 7) is 7.62. The summed E-state index contributed by atoms with van der Waals surface area (Å²) in [7, 11) is 0. The Morgan fingerprint density at radius 2 is 0.708 bits per heavy atom. The second-order valence-corrected chi connectivity index (χ2v) is 18.1. The monoisotopic (exact) mass is 928 g/mol. The van der Waals surface area contributed by atoms with Gasteiger partial charge in [0.05, 0.1) is 44.8 Å². The molecule has 0 spiro atoms. The summed E-state index contributed by atoms with van der Waals surface area (Å²) in [5, 5.41) is 4.42. The molecule has 0 bridgehead atoms. The molecule has 5 aromatic heterocycles. The first-order valence-electron chi connectivity index (χ1n) is 24.0. The standard InChI is InChI=1S/C62H44N10/c1-37-63-38(2)66-61(65-37)43-30-32-56-49(34-43)50-35-44(62-67-39(3)64-40(4)68-62)31-33-57(50)72(56)58-29-17-25-47(52-36-51(41-18-7-5-8-19-41)69-60(70-52)42-20-9-6-10-21-42)59(58)48-24-13-16-28-55(48)71-53-26-14-11-22-45(53)46-23-12-15-27-54(46)71/h5-36H,1-4H3. The Kier molecular flexibility index (Phi) is 10.1. The normalized spacial score (nSPS) is 11.6. The molecule has 0 N–H and O–H groups in total. The lowest BCUT2D eigenvalue weighted by Gasteiger charge is -2.22. The first-order valence-corrected chi connectivity index (χ1v) is 24.0. The minimum absolute atomic E-state index is 0.623. The molecule has 0 aliphatic rings. The first kappa shape index (κ1) is 42.6. The minimum Gasteiger partial charge on any atom is -0.309 e. The molecule has 0 unspecified atom stereocenters. The third kappa shape index (κ3) is 7.27. The van der Waals surface area contributed by atoms with Crippen molar-refractivity contribution in [2.45, 2.75) is 27.7 Å². The lowest BCUT2D eigenvalue weighted by atomic mass is 9.93. The predicted octanol–water partition coefficient (Wildman–Crippen LogP) is 14.3. The smallest absolute Gasteiger partial charge is 0.163 e. The molecule has 0 fully saturated rings. The Hall–Kier alpha value is -9.54. The molecule has 0 amide bonds. The van der Waals surface area contributed by atoms with Crippen molar-refractivity contribution in [2.24, 2.45) is 0 Å². The average Bonchev–Trinajstić information content (AvgIpc) is 3.92. The van der Waals surface area contributed by atoms with Gasteiger partial charge in [0.2, 0.25) is 0 Å². The van der Waals surface area contributed by atoms with Crippen LogP contribution in [0.15, 0.2) is 194 Å². The van der Waals surface area contributed by atoms with Crippen molar-refractivity contribution in [1.82, 2.24) is 49.0 Å². The van der Waals surface area contributed by atoms with Gasteiger partial charge >= 0.3 is 0 Å². The largest absolute Gasteiger partial charge is 0.309 e. The van der Waals surface area contributed by atoms with Crippen molar-refractivity contribution >= 4 is 43.6 Å². The van der Waals surface area contributed by atoms with Gasteiger partial charge in [0.15, 0.2) is 17.5 Å². The SMILES string of the molecule is Cc1nc(C)nc(-c2ccc3c(c2)c2cc(-c4nc(C)nc(C)n4)ccc2n3-c2cccc(-c3cc(-c4ccccc4)nc(-c4ccccc4)n3)c2-c2ccccc2-n2c3ccccc3c3ccccc32)n1. The molecule has 13 rings (SSSR count). The van der Waals surface area contributed by atoms with E-state index in [4.69, 9.17) is 29.9 Å². The zero-order valence-electron chi connectivity index (χ0n) is 39.9. The lowest BCUT2D eigenvalue weighted by Crippen LogP contribution is -2.04. The quantitative estimate of drug-likeness (QED) is 0.148. The molecule has 0 aliphatic heterocycles. The van der Waals surface area contributed by atoms with Crippen LogP contribution in [0.1, 0.15) is 23.3 Å². The van der Waals surface area contributed by atoms with E-state index in [-0.39, 0.29) is 0 Å². The minimum atomic E-state index is 0.623. The van der Waals surface area contributed by atoms with Gasteiger partial charge < -0.3 is 9.13 Å². The number of hydrogen-bond donors (Lipinski definition) is 0. The molecule has 0 radical (unpaired) electrons. The highest BCUT2D eigenvalue weighted by molar-refractivity contribution is 6.13. The zero-order chi connectivity index (χ0) is 48.5. The van der Waals surface area contributed by atoms with E-state index in [1.54, 1.807) is 0 Å². The maximum atomic E-state index is 5.48. The molecule has 5 heterocycles. The molecule has 0 saturated heterocycles. The van der Waals surface area contributed by atoms with Crippen LogP contribution in [0, 0.1) is 27.7 Å². The van der Waals surface area contributed by atoms with Crippen LogP contribution in [0.2, 0.25) is 0 Å². The molecule has 342 valence electrons. The van der Waals surface area contributed by atoms with Crippen LogP contribution in [-0.2, 0) is 0 Å². The summed E-state index contributed by atoms with van der Waals surface area (Å²) in [5.74, 6) is 4.56. The lowest BCUT2D eigenvalue weighted by molar-refractivity contribution is 0.928. The van der Waals surface area contributed by atoms with Gasteiger partial charge in [-0.2, -0.15) is 0 Å². The number of fused-ring (bicyclic) bond motifs is 6. The Labute approximate surface area is 415 Å². The fourth-order valence-electron chi connectivity index (χ4n) is 10.4. The average molecular weight is 929 g/mol. The number of benzene rings is 8. The second-order valence-electron chi connectivity index (χ2n) is 18.1. The third-order valence-electron chi connectivity index (χ3n) is 13.4. The Bertz CT molecular complexity index is 4010. The highest BCUT2D eigenvalue weighted by atomic mass is 15.0. The highest BCUT2D eigenvalue weighted by Gasteiger charge is 2.25. The van der Waals surface area contributed by atoms with Crippen LogP contribution < -0.4 is 0 Å². The van der Waals surface area contributed by atoms with Gasteiger partial charge in [-0.15, -0.1) is 0 Å². The maximum Gasteiger partial charge on any atom is 0.163 e. The topological polar surface area (TPSA) is 113 Å². The van der Waals surface area contributed by atoms with Gasteiger partial charge in [-0.3, -0.25) is 0 Å². The van der Waals surface area contributed by atoms with Gasteiger partial charge in [0.1, 0.15) is 23.3 Å². The van der Waals surface area contributed by atoms with E-state index in [1.165, 1.54) is 10.8 Å². The van der Waals surface area contributed by atoms with Crippen molar-refractivity contribution in [3.05, 3.63) is 217 Å². The number of aromatic nitrogens is 10. The van der Waals surface area contributed by atoms with E-state index < -0.39 is 0 Å². The number of nitrogens with zero attached hydrogens (tertiary/aromatic N) is 10. The van der Waals surface area contributed by atoms with Crippen LogP contribution in [0.25, 0.3) is 123 Å². The highest BCUT2D eigenvalue weighted by Crippen LogP contribution is 2.46. The zero-order valence-corrected chi connectivity index (χ0v) is 39.9. The van der Waals surface area contributed by atoms with E-state index in [1.807, 2.05) is 52.0 Å². The van der Waals surface area contributed by atoms with Crippen molar-refractivity contribution < 1.29 is 0 Å². The van der Waals surface area contributed by atoms with Crippen molar-refractivity contribution in [2.75, 3.05) is 0 Å². The van der Waals surface area contributed by atoms with Gasteiger partial charge in [0.25, 0.3) is 0 Å². The Morgan fingerprint density at radius 3 is 1.29 bits per heavy atom. The molecule has 8 aromatic carbocycles. The number of para-hydroxylation sites is 3. The van der Waals surface area contributed by atoms with Crippen LogP contribution in [0.5, 0.6) is 0 Å². The third-order valence-corrected chi connectivity index (χ3v) is 13.4. The Morgan fingerprint density at radius 1 is 0.278 bits per heavy atom. The predicted molar refractivity (Wildman–Crippen MR) is 289 cm³/mol. The van der Waals surface area contributed by atoms with Crippen molar-refractivity contribution in [1.29, 1.82) is 0 Å².